The molecular weight excluding hydrogens is 332 g/mol. The van der Waals surface area contributed by atoms with Crippen LogP contribution in [0.4, 0.5) is 5.82 Å². The highest BCUT2D eigenvalue weighted by Crippen LogP contribution is 2.25. The van der Waals surface area contributed by atoms with Crippen molar-refractivity contribution < 1.29 is 0 Å². The van der Waals surface area contributed by atoms with Gasteiger partial charge in [-0.05, 0) is 35.6 Å². The first kappa shape index (κ1) is 17.3. The Morgan fingerprint density at radius 2 is 1.70 bits per heavy atom. The number of aryl methyl sites for hydroxylation is 1. The van der Waals surface area contributed by atoms with Gasteiger partial charge in [-0.2, -0.15) is 9.61 Å². The molecule has 2 aromatic heterocycles. The second-order valence-electron chi connectivity index (χ2n) is 7.24. The van der Waals surface area contributed by atoms with E-state index in [-0.39, 0.29) is 0 Å². The van der Waals surface area contributed by atoms with Gasteiger partial charge in [0, 0.05) is 18.3 Å². The summed E-state index contributed by atoms with van der Waals surface area (Å²) in [5, 5.41) is 8.05. The number of fused-ring (bicyclic) bond motifs is 1. The van der Waals surface area contributed by atoms with E-state index < -0.39 is 0 Å². The van der Waals surface area contributed by atoms with Crippen LogP contribution in [0, 0.1) is 6.92 Å². The number of rotatable bonds is 5. The number of hydrogen-bond acceptors (Lipinski definition) is 3. The minimum Gasteiger partial charge on any atom is -0.366 e. The first-order chi connectivity index (χ1) is 13.1. The summed E-state index contributed by atoms with van der Waals surface area (Å²) in [7, 11) is 0. The van der Waals surface area contributed by atoms with Crippen molar-refractivity contribution in [3.8, 4) is 11.1 Å². The smallest absolute Gasteiger partial charge is 0.165 e. The lowest BCUT2D eigenvalue weighted by Gasteiger charge is -2.10. The number of benzene rings is 2. The van der Waals surface area contributed by atoms with Crippen LogP contribution in [0.25, 0.3) is 16.8 Å². The van der Waals surface area contributed by atoms with Gasteiger partial charge in [0.05, 0.1) is 6.20 Å². The van der Waals surface area contributed by atoms with Gasteiger partial charge >= 0.3 is 0 Å². The molecule has 1 N–H and O–H groups in total. The summed E-state index contributed by atoms with van der Waals surface area (Å²) in [5.41, 5.74) is 6.88. The van der Waals surface area contributed by atoms with Crippen molar-refractivity contribution in [1.29, 1.82) is 0 Å². The van der Waals surface area contributed by atoms with Crippen LogP contribution in [-0.4, -0.2) is 14.6 Å². The Kier molecular flexibility index (Phi) is 4.63. The molecule has 0 bridgehead atoms. The van der Waals surface area contributed by atoms with Crippen LogP contribution < -0.4 is 5.32 Å². The molecule has 4 rings (SSSR count). The lowest BCUT2D eigenvalue weighted by atomic mass is 10.0. The summed E-state index contributed by atoms with van der Waals surface area (Å²) >= 11 is 0. The van der Waals surface area contributed by atoms with E-state index in [9.17, 15) is 0 Å². The van der Waals surface area contributed by atoms with E-state index in [2.05, 4.69) is 84.7 Å². The quantitative estimate of drug-likeness (QED) is 0.518. The van der Waals surface area contributed by atoms with Crippen LogP contribution in [0.5, 0.6) is 0 Å². The van der Waals surface area contributed by atoms with Gasteiger partial charge in [-0.25, -0.2) is 4.98 Å². The van der Waals surface area contributed by atoms with Crippen molar-refractivity contribution in [2.24, 2.45) is 0 Å². The van der Waals surface area contributed by atoms with E-state index in [1.165, 1.54) is 16.7 Å². The topological polar surface area (TPSA) is 42.2 Å². The molecule has 0 unspecified atom stereocenters. The fourth-order valence-corrected chi connectivity index (χ4v) is 3.18. The molecule has 27 heavy (non-hydrogen) atoms. The number of aromatic nitrogens is 3. The highest BCUT2D eigenvalue weighted by atomic mass is 15.3. The molecule has 0 fully saturated rings. The lowest BCUT2D eigenvalue weighted by Crippen LogP contribution is -2.05. The van der Waals surface area contributed by atoms with E-state index in [0.29, 0.717) is 5.92 Å². The molecule has 0 aliphatic heterocycles. The van der Waals surface area contributed by atoms with E-state index in [0.717, 1.165) is 29.1 Å². The van der Waals surface area contributed by atoms with Gasteiger partial charge in [-0.15, -0.1) is 0 Å². The summed E-state index contributed by atoms with van der Waals surface area (Å²) < 4.78 is 1.87. The maximum Gasteiger partial charge on any atom is 0.165 e. The third-order valence-electron chi connectivity index (χ3n) is 4.88. The van der Waals surface area contributed by atoms with Crippen molar-refractivity contribution in [3.05, 3.63) is 83.7 Å². The van der Waals surface area contributed by atoms with Crippen LogP contribution in [0.15, 0.2) is 67.0 Å². The van der Waals surface area contributed by atoms with Gasteiger partial charge in [-0.1, -0.05) is 67.9 Å². The van der Waals surface area contributed by atoms with Gasteiger partial charge < -0.3 is 5.32 Å². The number of anilines is 1. The monoisotopic (exact) mass is 356 g/mol. The summed E-state index contributed by atoms with van der Waals surface area (Å²) in [6, 6.07) is 19.2. The van der Waals surface area contributed by atoms with Crippen LogP contribution in [0.1, 0.15) is 36.5 Å². The molecule has 0 spiro atoms. The lowest BCUT2D eigenvalue weighted by molar-refractivity contribution is 0.864. The largest absolute Gasteiger partial charge is 0.366 e. The SMILES string of the molecule is Cc1ccc(-c2cnn3c(NCc4ccc(C(C)C)cc4)ccnc23)cc1. The summed E-state index contributed by atoms with van der Waals surface area (Å²) in [6.07, 6.45) is 3.72. The van der Waals surface area contributed by atoms with E-state index in [1.807, 2.05) is 23.0 Å². The molecule has 136 valence electrons. The number of nitrogens with one attached hydrogen (secondary N) is 1. The van der Waals surface area contributed by atoms with Crippen molar-refractivity contribution in [2.45, 2.75) is 33.2 Å². The van der Waals surface area contributed by atoms with Gasteiger partial charge in [0.15, 0.2) is 5.65 Å². The molecule has 0 aliphatic rings. The first-order valence-corrected chi connectivity index (χ1v) is 9.34. The average Bonchev–Trinajstić information content (AvgIpc) is 3.12. The van der Waals surface area contributed by atoms with Crippen molar-refractivity contribution >= 4 is 11.5 Å². The van der Waals surface area contributed by atoms with E-state index in [1.54, 1.807) is 0 Å². The number of nitrogens with zero attached hydrogens (tertiary/aromatic N) is 3. The van der Waals surface area contributed by atoms with Gasteiger partial charge in [0.2, 0.25) is 0 Å². The zero-order chi connectivity index (χ0) is 18.8. The molecule has 4 heteroatoms. The number of hydrogen-bond donors (Lipinski definition) is 1. The highest BCUT2D eigenvalue weighted by molar-refractivity contribution is 5.78. The Bertz CT molecular complexity index is 1040. The Morgan fingerprint density at radius 1 is 0.963 bits per heavy atom. The predicted molar refractivity (Wildman–Crippen MR) is 111 cm³/mol. The molecule has 0 radical (unpaired) electrons. The second kappa shape index (κ2) is 7.23. The third kappa shape index (κ3) is 3.56. The molecule has 0 aliphatic carbocycles. The summed E-state index contributed by atoms with van der Waals surface area (Å²) in [5.74, 6) is 1.49. The minimum atomic E-state index is 0.552. The molecule has 4 aromatic rings. The fourth-order valence-electron chi connectivity index (χ4n) is 3.18. The van der Waals surface area contributed by atoms with Crippen LogP contribution in [0.3, 0.4) is 0 Å². The molecular formula is C23H24N4. The maximum atomic E-state index is 4.56. The predicted octanol–water partition coefficient (Wildman–Crippen LogP) is 5.44. The van der Waals surface area contributed by atoms with Crippen molar-refractivity contribution in [2.75, 3.05) is 5.32 Å². The minimum absolute atomic E-state index is 0.552. The molecule has 0 saturated heterocycles. The van der Waals surface area contributed by atoms with E-state index in [4.69, 9.17) is 0 Å². The molecule has 2 aromatic carbocycles. The average molecular weight is 356 g/mol. The van der Waals surface area contributed by atoms with E-state index >= 15 is 0 Å². The molecule has 4 nitrogen and oxygen atoms in total. The van der Waals surface area contributed by atoms with Gasteiger partial charge in [0.1, 0.15) is 5.82 Å². The maximum absolute atomic E-state index is 4.56. The highest BCUT2D eigenvalue weighted by Gasteiger charge is 2.10. The summed E-state index contributed by atoms with van der Waals surface area (Å²) in [6.45, 7) is 7.26. The third-order valence-corrected chi connectivity index (χ3v) is 4.88. The molecule has 0 amide bonds. The normalized spacial score (nSPS) is 11.3. The van der Waals surface area contributed by atoms with Crippen LogP contribution in [-0.2, 0) is 6.54 Å². The zero-order valence-electron chi connectivity index (χ0n) is 16.0. The Morgan fingerprint density at radius 3 is 2.41 bits per heavy atom. The van der Waals surface area contributed by atoms with Crippen LogP contribution >= 0.6 is 0 Å². The summed E-state index contributed by atoms with van der Waals surface area (Å²) in [4.78, 5) is 4.55. The van der Waals surface area contributed by atoms with Gasteiger partial charge in [-0.3, -0.25) is 0 Å². The van der Waals surface area contributed by atoms with Gasteiger partial charge in [0.25, 0.3) is 0 Å². The first-order valence-electron chi connectivity index (χ1n) is 9.34. The second-order valence-corrected chi connectivity index (χ2v) is 7.24. The van der Waals surface area contributed by atoms with Crippen LogP contribution in [0.2, 0.25) is 0 Å². The zero-order valence-corrected chi connectivity index (χ0v) is 16.0. The Hall–Kier alpha value is -3.14. The standard InChI is InChI=1S/C23H24N4/c1-16(2)19-10-6-18(7-11-19)14-25-22-12-13-24-23-21(15-26-27(22)23)20-8-4-17(3)5-9-20/h4-13,15-16,25H,14H2,1-3H3. The molecule has 0 atom stereocenters. The molecule has 0 saturated carbocycles. The Labute approximate surface area is 159 Å². The fraction of sp³-hybridized carbons (Fsp3) is 0.217. The van der Waals surface area contributed by atoms with Crippen molar-refractivity contribution in [1.82, 2.24) is 14.6 Å². The molecule has 2 heterocycles. The van der Waals surface area contributed by atoms with Crippen molar-refractivity contribution in [3.63, 3.8) is 0 Å². The Balaban J connectivity index is 1.58.